The Labute approximate surface area is 238 Å². The molecule has 8 nitrogen and oxygen atoms in total. The van der Waals surface area contributed by atoms with E-state index in [1.165, 1.54) is 12.7 Å². The van der Waals surface area contributed by atoms with E-state index in [-0.39, 0.29) is 12.1 Å². The Bertz CT molecular complexity index is 1700. The van der Waals surface area contributed by atoms with Gasteiger partial charge in [-0.1, -0.05) is 72.8 Å². The topological polar surface area (TPSA) is 96.4 Å². The van der Waals surface area contributed by atoms with E-state index in [0.29, 0.717) is 11.3 Å². The zero-order chi connectivity index (χ0) is 28.2. The molecule has 1 fully saturated rings. The number of para-hydroxylation sites is 2. The van der Waals surface area contributed by atoms with Crippen LogP contribution in [0, 0.1) is 0 Å². The van der Waals surface area contributed by atoms with Gasteiger partial charge in [0.25, 0.3) is 0 Å². The molecule has 0 saturated carbocycles. The zero-order valence-electron chi connectivity index (χ0n) is 22.6. The molecule has 0 spiro atoms. The van der Waals surface area contributed by atoms with Gasteiger partial charge in [-0.15, -0.1) is 0 Å². The maximum Gasteiger partial charge on any atom is 0.337 e. The molecular weight excluding hydrogens is 514 g/mol. The van der Waals surface area contributed by atoms with Crippen molar-refractivity contribution < 1.29 is 14.3 Å². The van der Waals surface area contributed by atoms with Crippen LogP contribution in [0.15, 0.2) is 103 Å². The van der Waals surface area contributed by atoms with E-state index in [2.05, 4.69) is 51.9 Å². The molecule has 2 amide bonds. The first-order chi connectivity index (χ1) is 20.1. The lowest BCUT2D eigenvalue weighted by Gasteiger charge is -2.39. The molecule has 2 heterocycles. The van der Waals surface area contributed by atoms with Gasteiger partial charge in [-0.3, -0.25) is 4.90 Å². The van der Waals surface area contributed by atoms with Crippen molar-refractivity contribution in [3.63, 3.8) is 0 Å². The molecule has 2 N–H and O–H groups in total. The molecular formula is C33H29N5O3. The van der Waals surface area contributed by atoms with Gasteiger partial charge in [0.15, 0.2) is 0 Å². The number of carbonyl (C=O) groups is 2. The molecule has 204 valence electrons. The minimum absolute atomic E-state index is 0.0550. The van der Waals surface area contributed by atoms with Gasteiger partial charge in [-0.2, -0.15) is 0 Å². The third-order valence-corrected chi connectivity index (χ3v) is 7.09. The number of fused-ring (bicyclic) bond motifs is 1. The molecule has 6 rings (SSSR count). The molecule has 41 heavy (non-hydrogen) atoms. The van der Waals surface area contributed by atoms with Crippen LogP contribution in [0.4, 0.5) is 10.5 Å². The van der Waals surface area contributed by atoms with Crippen LogP contribution in [-0.4, -0.2) is 53.1 Å². The molecule has 1 saturated heterocycles. The summed E-state index contributed by atoms with van der Waals surface area (Å²) in [7, 11) is 1.33. The SMILES string of the molecule is COC(=O)c1cccc(NC(=O)NC2CN(Cc3ccc(-c4nc5ccccc5nc4-c4ccccc4)cc3)C2)c1. The van der Waals surface area contributed by atoms with E-state index in [0.717, 1.165) is 53.2 Å². The maximum atomic E-state index is 12.4. The summed E-state index contributed by atoms with van der Waals surface area (Å²) in [5.41, 5.74) is 7.61. The average molecular weight is 544 g/mol. The van der Waals surface area contributed by atoms with Crippen molar-refractivity contribution in [2.75, 3.05) is 25.5 Å². The largest absolute Gasteiger partial charge is 0.465 e. The standard InChI is InChI=1S/C33H29N5O3/c1-41-32(39)25-10-7-11-26(18-25)34-33(40)35-27-20-38(21-27)19-22-14-16-24(17-15-22)31-30(23-8-3-2-4-9-23)36-28-12-5-6-13-29(28)37-31/h2-18,27H,19-21H2,1H3,(H2,34,35,40). The molecule has 0 radical (unpaired) electrons. The predicted molar refractivity (Wildman–Crippen MR) is 159 cm³/mol. The number of methoxy groups -OCH3 is 1. The second kappa shape index (κ2) is 11.6. The Morgan fingerprint density at radius 2 is 1.44 bits per heavy atom. The fourth-order valence-corrected chi connectivity index (χ4v) is 5.01. The van der Waals surface area contributed by atoms with Crippen molar-refractivity contribution in [1.29, 1.82) is 0 Å². The summed E-state index contributed by atoms with van der Waals surface area (Å²) in [6, 6.07) is 33.0. The van der Waals surface area contributed by atoms with Crippen molar-refractivity contribution in [1.82, 2.24) is 20.2 Å². The second-order valence-corrected chi connectivity index (χ2v) is 10.0. The summed E-state index contributed by atoms with van der Waals surface area (Å²) >= 11 is 0. The highest BCUT2D eigenvalue weighted by Crippen LogP contribution is 2.31. The summed E-state index contributed by atoms with van der Waals surface area (Å²) < 4.78 is 4.74. The number of likely N-dealkylation sites (tertiary alicyclic amines) is 1. The molecule has 8 heteroatoms. The first kappa shape index (κ1) is 26.2. The lowest BCUT2D eigenvalue weighted by Crippen LogP contribution is -2.59. The van der Waals surface area contributed by atoms with Crippen LogP contribution in [0.25, 0.3) is 33.5 Å². The summed E-state index contributed by atoms with van der Waals surface area (Å²) in [6.07, 6.45) is 0. The van der Waals surface area contributed by atoms with Crippen LogP contribution in [0.1, 0.15) is 15.9 Å². The fourth-order valence-electron chi connectivity index (χ4n) is 5.01. The number of rotatable bonds is 7. The van der Waals surface area contributed by atoms with E-state index < -0.39 is 5.97 Å². The van der Waals surface area contributed by atoms with Gasteiger partial charge in [0.05, 0.1) is 41.1 Å². The maximum absolute atomic E-state index is 12.4. The number of carbonyl (C=O) groups excluding carboxylic acids is 2. The number of ether oxygens (including phenoxy) is 1. The van der Waals surface area contributed by atoms with Gasteiger partial charge in [0, 0.05) is 36.4 Å². The van der Waals surface area contributed by atoms with E-state index in [9.17, 15) is 9.59 Å². The van der Waals surface area contributed by atoms with Crippen LogP contribution >= 0.6 is 0 Å². The summed E-state index contributed by atoms with van der Waals surface area (Å²) in [4.78, 5) is 36.4. The number of nitrogens with zero attached hydrogens (tertiary/aromatic N) is 3. The van der Waals surface area contributed by atoms with E-state index in [4.69, 9.17) is 14.7 Å². The highest BCUT2D eigenvalue weighted by Gasteiger charge is 2.28. The number of aromatic nitrogens is 2. The van der Waals surface area contributed by atoms with Gasteiger partial charge in [0.2, 0.25) is 0 Å². The lowest BCUT2D eigenvalue weighted by atomic mass is 10.0. The van der Waals surface area contributed by atoms with Crippen molar-refractivity contribution in [3.8, 4) is 22.5 Å². The Balaban J connectivity index is 1.08. The Morgan fingerprint density at radius 1 is 0.805 bits per heavy atom. The third kappa shape index (κ3) is 5.92. The highest BCUT2D eigenvalue weighted by atomic mass is 16.5. The summed E-state index contributed by atoms with van der Waals surface area (Å²) in [5.74, 6) is -0.446. The number of hydrogen-bond donors (Lipinski definition) is 2. The van der Waals surface area contributed by atoms with Gasteiger partial charge in [0.1, 0.15) is 0 Å². The molecule has 4 aromatic carbocycles. The number of urea groups is 1. The molecule has 0 unspecified atom stereocenters. The summed E-state index contributed by atoms with van der Waals surface area (Å²) in [6.45, 7) is 2.30. The van der Waals surface area contributed by atoms with Gasteiger partial charge < -0.3 is 15.4 Å². The Morgan fingerprint density at radius 3 is 2.10 bits per heavy atom. The Hall–Kier alpha value is -5.08. The minimum Gasteiger partial charge on any atom is -0.465 e. The molecule has 1 aliphatic heterocycles. The molecule has 1 aromatic heterocycles. The normalized spacial score (nSPS) is 13.4. The number of benzene rings is 4. The number of anilines is 1. The van der Waals surface area contributed by atoms with Crippen LogP contribution < -0.4 is 10.6 Å². The lowest BCUT2D eigenvalue weighted by molar-refractivity contribution is 0.0600. The fraction of sp³-hybridized carbons (Fsp3) is 0.152. The number of nitrogens with one attached hydrogen (secondary N) is 2. The van der Waals surface area contributed by atoms with Crippen molar-refractivity contribution in [3.05, 3.63) is 114 Å². The third-order valence-electron chi connectivity index (χ3n) is 7.09. The molecule has 0 atom stereocenters. The van der Waals surface area contributed by atoms with Crippen molar-refractivity contribution >= 4 is 28.7 Å². The molecule has 5 aromatic rings. The number of hydrogen-bond acceptors (Lipinski definition) is 6. The van der Waals surface area contributed by atoms with Crippen LogP contribution in [-0.2, 0) is 11.3 Å². The first-order valence-electron chi connectivity index (χ1n) is 13.5. The average Bonchev–Trinajstić information content (AvgIpc) is 3.00. The highest BCUT2D eigenvalue weighted by molar-refractivity contribution is 5.94. The van der Waals surface area contributed by atoms with E-state index in [1.807, 2.05) is 42.5 Å². The molecule has 1 aliphatic rings. The van der Waals surface area contributed by atoms with Gasteiger partial charge in [-0.25, -0.2) is 19.6 Å². The number of amides is 2. The van der Waals surface area contributed by atoms with E-state index >= 15 is 0 Å². The van der Waals surface area contributed by atoms with Crippen molar-refractivity contribution in [2.45, 2.75) is 12.6 Å². The van der Waals surface area contributed by atoms with Crippen LogP contribution in [0.2, 0.25) is 0 Å². The van der Waals surface area contributed by atoms with Crippen molar-refractivity contribution in [2.24, 2.45) is 0 Å². The first-order valence-corrected chi connectivity index (χ1v) is 13.5. The van der Waals surface area contributed by atoms with Crippen LogP contribution in [0.5, 0.6) is 0 Å². The second-order valence-electron chi connectivity index (χ2n) is 10.0. The molecule has 0 bridgehead atoms. The zero-order valence-corrected chi connectivity index (χ0v) is 22.6. The Kier molecular flexibility index (Phi) is 7.38. The predicted octanol–water partition coefficient (Wildman–Crippen LogP) is 5.76. The number of esters is 1. The van der Waals surface area contributed by atoms with Gasteiger partial charge in [-0.05, 0) is 35.9 Å². The quantitative estimate of drug-likeness (QED) is 0.254. The van der Waals surface area contributed by atoms with Crippen LogP contribution in [0.3, 0.4) is 0 Å². The van der Waals surface area contributed by atoms with E-state index in [1.54, 1.807) is 24.3 Å². The summed E-state index contributed by atoms with van der Waals surface area (Å²) in [5, 5.41) is 5.77. The monoisotopic (exact) mass is 543 g/mol. The minimum atomic E-state index is -0.446. The molecule has 0 aliphatic carbocycles. The smallest absolute Gasteiger partial charge is 0.337 e. The van der Waals surface area contributed by atoms with Gasteiger partial charge >= 0.3 is 12.0 Å².